The highest BCUT2D eigenvalue weighted by Crippen LogP contribution is 2.11. The van der Waals surface area contributed by atoms with Gasteiger partial charge in [-0.05, 0) is 0 Å². The Hall–Kier alpha value is -1.20. The van der Waals surface area contributed by atoms with Crippen LogP contribution in [0.25, 0.3) is 4.96 Å². The summed E-state index contributed by atoms with van der Waals surface area (Å²) in [5, 5.41) is 1.96. The fourth-order valence-electron chi connectivity index (χ4n) is 1.14. The number of hydrogen-bond acceptors (Lipinski definition) is 4. The summed E-state index contributed by atoms with van der Waals surface area (Å²) in [5.74, 6) is 0.0192. The van der Waals surface area contributed by atoms with Crippen LogP contribution in [0.1, 0.15) is 5.69 Å². The Labute approximate surface area is 79.0 Å². The van der Waals surface area contributed by atoms with Crippen LogP contribution in [0.2, 0.25) is 0 Å². The molecular weight excluding hydrogens is 186 g/mol. The first-order valence-corrected chi connectivity index (χ1v) is 4.80. The molecule has 2 N–H and O–H groups in total. The minimum Gasteiger partial charge on any atom is -0.324 e. The summed E-state index contributed by atoms with van der Waals surface area (Å²) in [7, 11) is 0. The van der Waals surface area contributed by atoms with Crippen LogP contribution in [0.3, 0.4) is 0 Å². The van der Waals surface area contributed by atoms with Gasteiger partial charge in [0.05, 0.1) is 18.7 Å². The molecule has 0 amide bonds. The van der Waals surface area contributed by atoms with Gasteiger partial charge in [-0.15, -0.1) is 11.3 Å². The molecule has 2 rings (SSSR count). The molecule has 0 aromatic carbocycles. The number of fused-ring (bicyclic) bond motifs is 1. The number of imidazole rings is 1. The fourth-order valence-corrected chi connectivity index (χ4v) is 1.85. The van der Waals surface area contributed by atoms with E-state index in [2.05, 4.69) is 4.98 Å². The summed E-state index contributed by atoms with van der Waals surface area (Å²) >= 11 is 1.55. The van der Waals surface area contributed by atoms with E-state index in [4.69, 9.17) is 5.73 Å². The molecule has 0 radical (unpaired) electrons. The van der Waals surface area contributed by atoms with Gasteiger partial charge >= 0.3 is 0 Å². The number of Topliss-reactive ketones (excluding diaryl/α,β-unsaturated/α-hetero) is 1. The zero-order valence-corrected chi connectivity index (χ0v) is 7.75. The van der Waals surface area contributed by atoms with Crippen LogP contribution in [-0.2, 0) is 11.2 Å². The highest BCUT2D eigenvalue weighted by atomic mass is 32.1. The fraction of sp³-hybridized carbons (Fsp3) is 0.250. The largest absolute Gasteiger partial charge is 0.324 e. The second-order valence-corrected chi connectivity index (χ2v) is 3.62. The maximum Gasteiger partial charge on any atom is 0.193 e. The first kappa shape index (κ1) is 8.40. The van der Waals surface area contributed by atoms with Gasteiger partial charge in [0, 0.05) is 17.8 Å². The van der Waals surface area contributed by atoms with Crippen molar-refractivity contribution in [2.45, 2.75) is 6.42 Å². The molecule has 68 valence electrons. The average Bonchev–Trinajstić information content (AvgIpc) is 2.63. The summed E-state index contributed by atoms with van der Waals surface area (Å²) < 4.78 is 1.91. The molecule has 2 aromatic heterocycles. The Morgan fingerprint density at radius 2 is 2.54 bits per heavy atom. The standard InChI is InChI=1S/C8H9N3OS/c9-4-7(12)3-6-5-11-1-2-13-8(11)10-6/h1-2,5H,3-4,9H2. The van der Waals surface area contributed by atoms with Gasteiger partial charge in [-0.25, -0.2) is 4.98 Å². The van der Waals surface area contributed by atoms with Crippen molar-refractivity contribution in [1.29, 1.82) is 0 Å². The van der Waals surface area contributed by atoms with Gasteiger partial charge in [-0.2, -0.15) is 0 Å². The van der Waals surface area contributed by atoms with E-state index in [-0.39, 0.29) is 12.3 Å². The molecule has 0 aliphatic carbocycles. The third kappa shape index (κ3) is 1.61. The number of nitrogens with zero attached hydrogens (tertiary/aromatic N) is 2. The lowest BCUT2D eigenvalue weighted by Crippen LogP contribution is -2.15. The van der Waals surface area contributed by atoms with Gasteiger partial charge in [0.15, 0.2) is 10.7 Å². The number of thiazole rings is 1. The molecule has 0 aliphatic heterocycles. The Kier molecular flexibility index (Phi) is 2.12. The number of hydrogen-bond donors (Lipinski definition) is 1. The normalized spacial score (nSPS) is 10.8. The zero-order chi connectivity index (χ0) is 9.26. The van der Waals surface area contributed by atoms with Crippen molar-refractivity contribution < 1.29 is 4.79 Å². The SMILES string of the molecule is NCC(=O)Cc1cn2ccsc2n1. The molecule has 0 saturated carbocycles. The van der Waals surface area contributed by atoms with E-state index in [9.17, 15) is 4.79 Å². The van der Waals surface area contributed by atoms with Crippen molar-refractivity contribution in [3.63, 3.8) is 0 Å². The van der Waals surface area contributed by atoms with Gasteiger partial charge in [-0.1, -0.05) is 0 Å². The number of nitrogens with two attached hydrogens (primary N) is 1. The monoisotopic (exact) mass is 195 g/mol. The van der Waals surface area contributed by atoms with Crippen LogP contribution in [0.15, 0.2) is 17.8 Å². The molecule has 2 aromatic rings. The molecule has 2 heterocycles. The van der Waals surface area contributed by atoms with Gasteiger partial charge in [0.25, 0.3) is 0 Å². The number of carbonyl (C=O) groups is 1. The average molecular weight is 195 g/mol. The summed E-state index contributed by atoms with van der Waals surface area (Å²) in [6, 6.07) is 0. The lowest BCUT2D eigenvalue weighted by Gasteiger charge is -1.90. The summed E-state index contributed by atoms with van der Waals surface area (Å²) in [6.45, 7) is 0.0885. The van der Waals surface area contributed by atoms with Gasteiger partial charge in [0.2, 0.25) is 0 Å². The van der Waals surface area contributed by atoms with E-state index in [1.165, 1.54) is 0 Å². The molecule has 0 fully saturated rings. The van der Waals surface area contributed by atoms with Crippen molar-refractivity contribution in [2.24, 2.45) is 5.73 Å². The third-order valence-electron chi connectivity index (χ3n) is 1.75. The maximum absolute atomic E-state index is 11.0. The predicted octanol–water partition coefficient (Wildman–Crippen LogP) is 0.466. The lowest BCUT2D eigenvalue weighted by atomic mass is 10.2. The molecule has 4 nitrogen and oxygen atoms in total. The van der Waals surface area contributed by atoms with Crippen LogP contribution in [0, 0.1) is 0 Å². The maximum atomic E-state index is 11.0. The summed E-state index contributed by atoms with van der Waals surface area (Å²) in [6.07, 6.45) is 4.12. The molecule has 5 heteroatoms. The second-order valence-electron chi connectivity index (χ2n) is 2.74. The van der Waals surface area contributed by atoms with Crippen molar-refractivity contribution in [3.8, 4) is 0 Å². The molecule has 0 unspecified atom stereocenters. The first-order valence-electron chi connectivity index (χ1n) is 3.92. The number of ketones is 1. The number of carbonyl (C=O) groups excluding carboxylic acids is 1. The van der Waals surface area contributed by atoms with Crippen LogP contribution in [0.4, 0.5) is 0 Å². The predicted molar refractivity (Wildman–Crippen MR) is 50.8 cm³/mol. The molecule has 0 atom stereocenters. The molecular formula is C8H9N3OS. The molecule has 13 heavy (non-hydrogen) atoms. The van der Waals surface area contributed by atoms with Crippen LogP contribution >= 0.6 is 11.3 Å². The van der Waals surface area contributed by atoms with E-state index >= 15 is 0 Å². The molecule has 0 saturated heterocycles. The topological polar surface area (TPSA) is 60.4 Å². The van der Waals surface area contributed by atoms with E-state index in [0.717, 1.165) is 10.7 Å². The van der Waals surface area contributed by atoms with E-state index in [1.807, 2.05) is 22.2 Å². The highest BCUT2D eigenvalue weighted by molar-refractivity contribution is 7.15. The van der Waals surface area contributed by atoms with Crippen molar-refractivity contribution in [2.75, 3.05) is 6.54 Å². The Morgan fingerprint density at radius 1 is 1.69 bits per heavy atom. The first-order chi connectivity index (χ1) is 6.29. The molecule has 0 spiro atoms. The lowest BCUT2D eigenvalue weighted by molar-refractivity contribution is -0.117. The number of aromatic nitrogens is 2. The van der Waals surface area contributed by atoms with E-state index in [1.54, 1.807) is 11.3 Å². The van der Waals surface area contributed by atoms with Crippen molar-refractivity contribution in [1.82, 2.24) is 9.38 Å². The van der Waals surface area contributed by atoms with E-state index < -0.39 is 0 Å². The third-order valence-corrected chi connectivity index (χ3v) is 2.52. The minimum absolute atomic E-state index is 0.0192. The second kappa shape index (κ2) is 3.27. The summed E-state index contributed by atoms with van der Waals surface area (Å²) in [5.41, 5.74) is 6.00. The van der Waals surface area contributed by atoms with Crippen LogP contribution < -0.4 is 5.73 Å². The van der Waals surface area contributed by atoms with Gasteiger partial charge in [0.1, 0.15) is 0 Å². The van der Waals surface area contributed by atoms with Crippen molar-refractivity contribution >= 4 is 22.1 Å². The number of rotatable bonds is 3. The zero-order valence-electron chi connectivity index (χ0n) is 6.93. The molecule has 0 aliphatic rings. The molecule has 0 bridgehead atoms. The quantitative estimate of drug-likeness (QED) is 0.774. The van der Waals surface area contributed by atoms with Gasteiger partial charge in [-0.3, -0.25) is 9.20 Å². The van der Waals surface area contributed by atoms with Gasteiger partial charge < -0.3 is 5.73 Å². The van der Waals surface area contributed by atoms with Crippen LogP contribution in [0.5, 0.6) is 0 Å². The Balaban J connectivity index is 2.25. The highest BCUT2D eigenvalue weighted by Gasteiger charge is 2.06. The minimum atomic E-state index is 0.0192. The smallest absolute Gasteiger partial charge is 0.193 e. The summed E-state index contributed by atoms with van der Waals surface area (Å²) in [4.78, 5) is 16.2. The Bertz CT molecular complexity index is 403. The van der Waals surface area contributed by atoms with E-state index in [0.29, 0.717) is 6.42 Å². The van der Waals surface area contributed by atoms with Crippen molar-refractivity contribution in [3.05, 3.63) is 23.5 Å². The Morgan fingerprint density at radius 3 is 3.23 bits per heavy atom. The van der Waals surface area contributed by atoms with Crippen LogP contribution in [-0.4, -0.2) is 21.7 Å².